The molecular formula is C26H31F6NO3. The summed E-state index contributed by atoms with van der Waals surface area (Å²) in [5, 5.41) is 2.97. The lowest BCUT2D eigenvalue weighted by molar-refractivity contribution is -0.274. The number of benzene rings is 2. The average Bonchev–Trinajstić information content (AvgIpc) is 2.83. The number of alkyl halides is 6. The molecule has 3 atom stereocenters. The lowest BCUT2D eigenvalue weighted by atomic mass is 9.89. The molecule has 3 rings (SSSR count). The summed E-state index contributed by atoms with van der Waals surface area (Å²) >= 11 is 0. The van der Waals surface area contributed by atoms with E-state index in [1.165, 1.54) is 12.1 Å². The molecule has 0 aliphatic carbocycles. The average molecular weight is 520 g/mol. The van der Waals surface area contributed by atoms with Crippen LogP contribution in [0.4, 0.5) is 26.3 Å². The monoisotopic (exact) mass is 519 g/mol. The fourth-order valence-corrected chi connectivity index (χ4v) is 3.99. The summed E-state index contributed by atoms with van der Waals surface area (Å²) in [6.07, 6.45) is -5.14. The van der Waals surface area contributed by atoms with Gasteiger partial charge in [0.05, 0.1) is 11.7 Å². The first kappa shape index (κ1) is 29.5. The van der Waals surface area contributed by atoms with Crippen LogP contribution in [0.2, 0.25) is 0 Å². The van der Waals surface area contributed by atoms with Gasteiger partial charge >= 0.3 is 18.5 Å². The molecule has 4 nitrogen and oxygen atoms in total. The van der Waals surface area contributed by atoms with Gasteiger partial charge in [-0.05, 0) is 82.3 Å². The van der Waals surface area contributed by atoms with Gasteiger partial charge in [0.1, 0.15) is 11.8 Å². The molecule has 0 spiro atoms. The number of nitrogens with one attached hydrogen (secondary N) is 1. The zero-order valence-electron chi connectivity index (χ0n) is 20.4. The Morgan fingerprint density at radius 1 is 0.972 bits per heavy atom. The van der Waals surface area contributed by atoms with Crippen molar-refractivity contribution in [3.63, 3.8) is 0 Å². The van der Waals surface area contributed by atoms with E-state index in [0.717, 1.165) is 42.5 Å². The molecule has 200 valence electrons. The summed E-state index contributed by atoms with van der Waals surface area (Å²) < 4.78 is 81.8. The third-order valence-electron chi connectivity index (χ3n) is 5.78. The summed E-state index contributed by atoms with van der Waals surface area (Å²) in [6.45, 7) is 3.66. The van der Waals surface area contributed by atoms with Gasteiger partial charge < -0.3 is 14.8 Å². The van der Waals surface area contributed by atoms with E-state index in [4.69, 9.17) is 4.74 Å². The first-order valence-corrected chi connectivity index (χ1v) is 11.6. The van der Waals surface area contributed by atoms with Crippen LogP contribution in [0.15, 0.2) is 48.5 Å². The number of carbonyl (C=O) groups is 1. The van der Waals surface area contributed by atoms with Gasteiger partial charge in [0, 0.05) is 0 Å². The predicted octanol–water partition coefficient (Wildman–Crippen LogP) is 6.85. The van der Waals surface area contributed by atoms with E-state index in [1.807, 2.05) is 6.92 Å². The van der Waals surface area contributed by atoms with Crippen molar-refractivity contribution in [2.24, 2.45) is 5.92 Å². The van der Waals surface area contributed by atoms with Crippen molar-refractivity contribution in [1.82, 2.24) is 5.32 Å². The van der Waals surface area contributed by atoms with Gasteiger partial charge in [-0.2, -0.15) is 13.2 Å². The Kier molecular flexibility index (Phi) is 10.6. The van der Waals surface area contributed by atoms with E-state index in [2.05, 4.69) is 10.1 Å². The summed E-state index contributed by atoms with van der Waals surface area (Å²) in [7, 11) is 1.74. The summed E-state index contributed by atoms with van der Waals surface area (Å²) in [6, 6.07) is 10.7. The van der Waals surface area contributed by atoms with Crippen LogP contribution in [0, 0.1) is 12.8 Å². The van der Waals surface area contributed by atoms with Crippen molar-refractivity contribution in [3.8, 4) is 5.75 Å². The Balaban J connectivity index is 0.000000319. The Hall–Kier alpha value is -2.75. The maximum absolute atomic E-state index is 12.6. The lowest BCUT2D eigenvalue weighted by Gasteiger charge is -2.20. The summed E-state index contributed by atoms with van der Waals surface area (Å²) in [5.74, 6) is -0.117. The highest BCUT2D eigenvalue weighted by Gasteiger charge is 2.31. The smallest absolute Gasteiger partial charge is 0.462 e. The molecule has 1 fully saturated rings. The van der Waals surface area contributed by atoms with Crippen LogP contribution in [-0.4, -0.2) is 31.5 Å². The number of likely N-dealkylation sites (N-methyl/N-ethyl adjacent to an activating group) is 1. The molecule has 0 saturated carbocycles. The summed E-state index contributed by atoms with van der Waals surface area (Å²) in [5.41, 5.74) is 1.15. The number of hydrogen-bond acceptors (Lipinski definition) is 4. The number of carbonyl (C=O) groups excluding carboxylic acids is 1. The highest BCUT2D eigenvalue weighted by atomic mass is 19.4. The molecule has 2 aromatic carbocycles. The van der Waals surface area contributed by atoms with E-state index in [1.54, 1.807) is 38.2 Å². The van der Waals surface area contributed by atoms with Gasteiger partial charge in [-0.25, -0.2) is 0 Å². The Labute approximate surface area is 207 Å². The van der Waals surface area contributed by atoms with Crippen LogP contribution in [0.5, 0.6) is 5.75 Å². The number of hydrogen-bond donors (Lipinski definition) is 1. The minimum Gasteiger partial charge on any atom is -0.462 e. The Bertz CT molecular complexity index is 942. The van der Waals surface area contributed by atoms with Crippen molar-refractivity contribution in [1.29, 1.82) is 0 Å². The maximum Gasteiger partial charge on any atom is 0.573 e. The number of halogens is 6. The molecule has 0 bridgehead atoms. The number of cyclic esters (lactones) is 1. The molecule has 2 unspecified atom stereocenters. The molecule has 36 heavy (non-hydrogen) atoms. The van der Waals surface area contributed by atoms with Crippen molar-refractivity contribution in [2.75, 3.05) is 7.05 Å². The van der Waals surface area contributed by atoms with Crippen molar-refractivity contribution >= 4 is 5.97 Å². The van der Waals surface area contributed by atoms with Gasteiger partial charge in [0.15, 0.2) is 0 Å². The molecule has 10 heteroatoms. The largest absolute Gasteiger partial charge is 0.573 e. The topological polar surface area (TPSA) is 47.6 Å². The zero-order chi connectivity index (χ0) is 26.9. The second-order valence-corrected chi connectivity index (χ2v) is 8.88. The van der Waals surface area contributed by atoms with Crippen LogP contribution in [0.3, 0.4) is 0 Å². The number of rotatable bonds is 4. The predicted molar refractivity (Wildman–Crippen MR) is 123 cm³/mol. The molecule has 0 amide bonds. The number of aryl methyl sites for hydroxylation is 1. The summed E-state index contributed by atoms with van der Waals surface area (Å²) in [4.78, 5) is 12.0. The van der Waals surface area contributed by atoms with Crippen molar-refractivity contribution < 1.29 is 40.6 Å². The third kappa shape index (κ3) is 10.5. The minimum atomic E-state index is -4.60. The first-order chi connectivity index (χ1) is 16.8. The van der Waals surface area contributed by atoms with Gasteiger partial charge in [0.25, 0.3) is 0 Å². The molecule has 2 aromatic rings. The van der Waals surface area contributed by atoms with Crippen LogP contribution in [0.25, 0.3) is 0 Å². The number of esters is 1. The normalized spacial score (nSPS) is 21.2. The molecule has 0 aromatic heterocycles. The standard InChI is InChI=1S/C18H24F3NO2.C8H7F3O/c1-12-10-14(4-3-5-16(22-2)17(23)24-12)11-13-6-8-15(9-7-13)18(19,20)21;1-6-2-4-7(5-3-6)12-8(9,10)11/h6-9,12,14,16,22H,3-5,10-11H2,1-2H3;2-5H,1H3/t12?,14?,16-;/m0./s1. The minimum absolute atomic E-state index is 0.187. The lowest BCUT2D eigenvalue weighted by Crippen LogP contribution is -2.36. The molecule has 1 heterocycles. The fraction of sp³-hybridized carbons (Fsp3) is 0.500. The molecule has 0 radical (unpaired) electrons. The highest BCUT2D eigenvalue weighted by Crippen LogP contribution is 2.30. The van der Waals surface area contributed by atoms with Gasteiger partial charge in [-0.15, -0.1) is 13.2 Å². The maximum atomic E-state index is 12.6. The van der Waals surface area contributed by atoms with E-state index in [-0.39, 0.29) is 23.9 Å². The highest BCUT2D eigenvalue weighted by molar-refractivity contribution is 5.75. The second-order valence-electron chi connectivity index (χ2n) is 8.88. The molecule has 1 aliphatic heterocycles. The van der Waals surface area contributed by atoms with Crippen LogP contribution in [-0.2, 0) is 22.1 Å². The van der Waals surface area contributed by atoms with E-state index in [9.17, 15) is 31.1 Å². The third-order valence-corrected chi connectivity index (χ3v) is 5.78. The molecule has 1 aliphatic rings. The fourth-order valence-electron chi connectivity index (χ4n) is 3.99. The van der Waals surface area contributed by atoms with Crippen LogP contribution < -0.4 is 10.1 Å². The Morgan fingerprint density at radius 2 is 1.58 bits per heavy atom. The van der Waals surface area contributed by atoms with Crippen molar-refractivity contribution in [3.05, 3.63) is 65.2 Å². The van der Waals surface area contributed by atoms with Crippen LogP contribution >= 0.6 is 0 Å². The number of ether oxygens (including phenoxy) is 2. The van der Waals surface area contributed by atoms with Gasteiger partial charge in [-0.3, -0.25) is 4.79 Å². The molecule has 1 saturated heterocycles. The van der Waals surface area contributed by atoms with E-state index in [0.29, 0.717) is 18.8 Å². The zero-order valence-corrected chi connectivity index (χ0v) is 20.4. The Morgan fingerprint density at radius 3 is 2.11 bits per heavy atom. The quantitative estimate of drug-likeness (QED) is 0.355. The first-order valence-electron chi connectivity index (χ1n) is 11.6. The van der Waals surface area contributed by atoms with Crippen molar-refractivity contribution in [2.45, 2.75) is 70.6 Å². The molecular weight excluding hydrogens is 488 g/mol. The van der Waals surface area contributed by atoms with Gasteiger partial charge in [0.2, 0.25) is 0 Å². The second kappa shape index (κ2) is 13.0. The van der Waals surface area contributed by atoms with Crippen LogP contribution in [0.1, 0.15) is 49.3 Å². The van der Waals surface area contributed by atoms with E-state index >= 15 is 0 Å². The molecule has 1 N–H and O–H groups in total. The van der Waals surface area contributed by atoms with E-state index < -0.39 is 18.1 Å². The van der Waals surface area contributed by atoms with Gasteiger partial charge in [-0.1, -0.05) is 36.2 Å². The SMILES string of the molecule is CN[C@H]1CCCC(Cc2ccc(C(F)(F)F)cc2)CC(C)OC1=O.Cc1ccc(OC(F)(F)F)cc1.